The summed E-state index contributed by atoms with van der Waals surface area (Å²) in [5, 5.41) is 0. The number of ketones is 1. The Morgan fingerprint density at radius 2 is 1.61 bits per heavy atom. The van der Waals surface area contributed by atoms with Crippen molar-refractivity contribution in [3.05, 3.63) is 35.4 Å². The van der Waals surface area contributed by atoms with Crippen LogP contribution in [-0.2, 0) is 21.1 Å². The van der Waals surface area contributed by atoms with Gasteiger partial charge in [-0.25, -0.2) is 8.42 Å². The summed E-state index contributed by atoms with van der Waals surface area (Å²) < 4.78 is 22.5. The Labute approximate surface area is 168 Å². The number of carbonyl (C=O) groups excluding carboxylic acids is 2. The Bertz CT molecular complexity index is 764. The lowest BCUT2D eigenvalue weighted by molar-refractivity contribution is -0.132. The maximum Gasteiger partial charge on any atom is 0.223 e. The number of piperazine rings is 1. The van der Waals surface area contributed by atoms with E-state index in [9.17, 15) is 18.0 Å². The lowest BCUT2D eigenvalue weighted by Gasteiger charge is -2.34. The number of Topliss-reactive ketones (excluding diaryl/α,β-unsaturated/α-hetero) is 1. The quantitative estimate of drug-likeness (QED) is 0.585. The molecule has 1 saturated heterocycles. The maximum atomic E-state index is 12.4. The molecular formula is C21H32N2O4S. The number of sulfone groups is 1. The van der Waals surface area contributed by atoms with E-state index in [4.69, 9.17) is 0 Å². The molecule has 0 aliphatic carbocycles. The van der Waals surface area contributed by atoms with E-state index in [-0.39, 0.29) is 30.3 Å². The summed E-state index contributed by atoms with van der Waals surface area (Å²) in [5.41, 5.74) is 1.88. The first-order chi connectivity index (χ1) is 13.1. The Kier molecular flexibility index (Phi) is 8.19. The molecule has 1 aromatic carbocycles. The third-order valence-corrected chi connectivity index (χ3v) is 5.91. The summed E-state index contributed by atoms with van der Waals surface area (Å²) in [4.78, 5) is 28.6. The van der Waals surface area contributed by atoms with Gasteiger partial charge in [0.2, 0.25) is 5.91 Å². The summed E-state index contributed by atoms with van der Waals surface area (Å²) in [6.07, 6.45) is 2.66. The van der Waals surface area contributed by atoms with E-state index in [1.54, 1.807) is 4.90 Å². The van der Waals surface area contributed by atoms with Gasteiger partial charge in [0.1, 0.15) is 9.84 Å². The van der Waals surface area contributed by atoms with Crippen molar-refractivity contribution in [2.45, 2.75) is 33.1 Å². The largest absolute Gasteiger partial charge is 0.340 e. The molecule has 2 rings (SSSR count). The molecule has 1 fully saturated rings. The zero-order valence-electron chi connectivity index (χ0n) is 17.2. The van der Waals surface area contributed by atoms with Crippen LogP contribution in [0.1, 0.15) is 42.6 Å². The van der Waals surface area contributed by atoms with Gasteiger partial charge in [0.05, 0.1) is 5.75 Å². The third kappa shape index (κ3) is 7.72. The molecule has 0 aromatic heterocycles. The summed E-state index contributed by atoms with van der Waals surface area (Å²) in [6.45, 7) is 7.35. The SMILES string of the molecule is CC(C)Cc1ccc(C(=O)CCC(=O)N2CCN(CCS(C)(=O)=O)CC2)cc1. The summed E-state index contributed by atoms with van der Waals surface area (Å²) in [7, 11) is -2.97. The van der Waals surface area contributed by atoms with E-state index in [0.717, 1.165) is 6.42 Å². The molecule has 7 heteroatoms. The van der Waals surface area contributed by atoms with Gasteiger partial charge < -0.3 is 4.90 Å². The fourth-order valence-corrected chi connectivity index (χ4v) is 3.93. The highest BCUT2D eigenvalue weighted by atomic mass is 32.2. The lowest BCUT2D eigenvalue weighted by Crippen LogP contribution is -2.49. The first-order valence-corrected chi connectivity index (χ1v) is 12.0. The van der Waals surface area contributed by atoms with Crippen LogP contribution in [0.25, 0.3) is 0 Å². The molecule has 0 atom stereocenters. The van der Waals surface area contributed by atoms with Gasteiger partial charge in [-0.2, -0.15) is 0 Å². The van der Waals surface area contributed by atoms with E-state index >= 15 is 0 Å². The minimum atomic E-state index is -2.97. The number of benzene rings is 1. The van der Waals surface area contributed by atoms with Gasteiger partial charge in [0, 0.05) is 57.4 Å². The molecule has 0 spiro atoms. The monoisotopic (exact) mass is 408 g/mol. The van der Waals surface area contributed by atoms with E-state index in [1.165, 1.54) is 11.8 Å². The van der Waals surface area contributed by atoms with Crippen LogP contribution < -0.4 is 0 Å². The smallest absolute Gasteiger partial charge is 0.223 e. The van der Waals surface area contributed by atoms with Crippen LogP contribution in [0.3, 0.4) is 0 Å². The second-order valence-electron chi connectivity index (χ2n) is 8.07. The highest BCUT2D eigenvalue weighted by Gasteiger charge is 2.22. The molecular weight excluding hydrogens is 376 g/mol. The topological polar surface area (TPSA) is 74.8 Å². The molecule has 0 N–H and O–H groups in total. The van der Waals surface area contributed by atoms with Crippen LogP contribution in [0, 0.1) is 5.92 Å². The van der Waals surface area contributed by atoms with Crippen molar-refractivity contribution in [3.8, 4) is 0 Å². The van der Waals surface area contributed by atoms with Gasteiger partial charge in [-0.1, -0.05) is 38.1 Å². The number of hydrogen-bond donors (Lipinski definition) is 0. The first kappa shape index (κ1) is 22.6. The van der Waals surface area contributed by atoms with Crippen LogP contribution >= 0.6 is 0 Å². The van der Waals surface area contributed by atoms with Crippen molar-refractivity contribution in [2.75, 3.05) is 44.7 Å². The number of nitrogens with zero attached hydrogens (tertiary/aromatic N) is 2. The van der Waals surface area contributed by atoms with E-state index in [2.05, 4.69) is 18.7 Å². The van der Waals surface area contributed by atoms with Crippen molar-refractivity contribution in [2.24, 2.45) is 5.92 Å². The van der Waals surface area contributed by atoms with Crippen LogP contribution in [0.15, 0.2) is 24.3 Å². The average molecular weight is 409 g/mol. The van der Waals surface area contributed by atoms with Crippen LogP contribution in [0.5, 0.6) is 0 Å². The van der Waals surface area contributed by atoms with Gasteiger partial charge in [0.25, 0.3) is 0 Å². The molecule has 28 heavy (non-hydrogen) atoms. The lowest BCUT2D eigenvalue weighted by atomic mass is 9.99. The van der Waals surface area contributed by atoms with E-state index < -0.39 is 9.84 Å². The number of hydrogen-bond acceptors (Lipinski definition) is 5. The molecule has 6 nitrogen and oxygen atoms in total. The fraction of sp³-hybridized carbons (Fsp3) is 0.619. The van der Waals surface area contributed by atoms with Crippen molar-refractivity contribution >= 4 is 21.5 Å². The maximum absolute atomic E-state index is 12.4. The van der Waals surface area contributed by atoms with Gasteiger partial charge >= 0.3 is 0 Å². The highest BCUT2D eigenvalue weighted by Crippen LogP contribution is 2.13. The van der Waals surface area contributed by atoms with Crippen LogP contribution in [-0.4, -0.2) is 74.6 Å². The van der Waals surface area contributed by atoms with Crippen LogP contribution in [0.4, 0.5) is 0 Å². The van der Waals surface area contributed by atoms with Gasteiger partial charge in [0.15, 0.2) is 5.78 Å². The number of carbonyl (C=O) groups is 2. The van der Waals surface area contributed by atoms with Crippen molar-refractivity contribution in [1.29, 1.82) is 0 Å². The molecule has 0 saturated carbocycles. The highest BCUT2D eigenvalue weighted by molar-refractivity contribution is 7.90. The second kappa shape index (κ2) is 10.2. The molecule has 1 aliphatic heterocycles. The van der Waals surface area contributed by atoms with Crippen molar-refractivity contribution in [3.63, 3.8) is 0 Å². The van der Waals surface area contributed by atoms with E-state index in [0.29, 0.717) is 44.2 Å². The Morgan fingerprint density at radius 3 is 2.14 bits per heavy atom. The molecule has 0 radical (unpaired) electrons. The molecule has 1 aliphatic rings. The summed E-state index contributed by atoms with van der Waals surface area (Å²) >= 11 is 0. The molecule has 0 unspecified atom stereocenters. The number of rotatable bonds is 9. The van der Waals surface area contributed by atoms with Crippen molar-refractivity contribution in [1.82, 2.24) is 9.80 Å². The predicted octanol–water partition coefficient (Wildman–Crippen LogP) is 2.04. The third-order valence-electron chi connectivity index (χ3n) is 4.99. The molecule has 156 valence electrons. The molecule has 1 aromatic rings. The normalized spacial score (nSPS) is 15.8. The minimum absolute atomic E-state index is 0.00349. The summed E-state index contributed by atoms with van der Waals surface area (Å²) in [6, 6.07) is 7.69. The Morgan fingerprint density at radius 1 is 1.00 bits per heavy atom. The Hall–Kier alpha value is -1.73. The minimum Gasteiger partial charge on any atom is -0.340 e. The second-order valence-corrected chi connectivity index (χ2v) is 10.3. The van der Waals surface area contributed by atoms with Gasteiger partial charge in [-0.3, -0.25) is 14.5 Å². The zero-order valence-corrected chi connectivity index (χ0v) is 18.0. The molecule has 0 bridgehead atoms. The molecule has 1 amide bonds. The van der Waals surface area contributed by atoms with E-state index in [1.807, 2.05) is 24.3 Å². The Balaban J connectivity index is 1.74. The van der Waals surface area contributed by atoms with Gasteiger partial charge in [-0.15, -0.1) is 0 Å². The molecule has 1 heterocycles. The fourth-order valence-electron chi connectivity index (χ4n) is 3.34. The summed E-state index contributed by atoms with van der Waals surface area (Å²) in [5.74, 6) is 0.709. The zero-order chi connectivity index (χ0) is 20.7. The van der Waals surface area contributed by atoms with Gasteiger partial charge in [-0.05, 0) is 17.9 Å². The van der Waals surface area contributed by atoms with Crippen molar-refractivity contribution < 1.29 is 18.0 Å². The van der Waals surface area contributed by atoms with Crippen LogP contribution in [0.2, 0.25) is 0 Å². The standard InChI is InChI=1S/C21H32N2O4S/c1-17(2)16-18-4-6-19(7-5-18)20(24)8-9-21(25)23-12-10-22(11-13-23)14-15-28(3,26)27/h4-7,17H,8-16H2,1-3H3. The number of amides is 1. The first-order valence-electron chi connectivity index (χ1n) is 9.94. The predicted molar refractivity (Wildman–Crippen MR) is 111 cm³/mol. The average Bonchev–Trinajstić information content (AvgIpc) is 2.64.